The number of hydrogen-bond donors (Lipinski definition) is 1. The van der Waals surface area contributed by atoms with Crippen LogP contribution >= 0.6 is 0 Å². The number of likely N-dealkylation sites (tertiary alicyclic amines) is 1. The van der Waals surface area contributed by atoms with Crippen molar-refractivity contribution < 1.29 is 19.4 Å². The molecular weight excluding hydrogens is 222 g/mol. The molecule has 0 radical (unpaired) electrons. The highest BCUT2D eigenvalue weighted by Crippen LogP contribution is 2.19. The fraction of sp³-hybridized carbons (Fsp3) is 0.833. The van der Waals surface area contributed by atoms with Crippen molar-refractivity contribution in [3.63, 3.8) is 0 Å². The van der Waals surface area contributed by atoms with Crippen molar-refractivity contribution >= 4 is 11.8 Å². The zero-order valence-corrected chi connectivity index (χ0v) is 9.93. The largest absolute Gasteiger partial charge is 0.391 e. The van der Waals surface area contributed by atoms with Crippen LogP contribution in [-0.2, 0) is 14.3 Å². The van der Waals surface area contributed by atoms with Crippen LogP contribution < -0.4 is 0 Å². The molecular formula is C12H19NO4. The van der Waals surface area contributed by atoms with Crippen LogP contribution in [0.2, 0.25) is 0 Å². The number of aliphatic hydroxyl groups excluding tert-OH is 1. The number of carbonyl (C=O) groups excluding carboxylic acids is 2. The van der Waals surface area contributed by atoms with E-state index < -0.39 is 6.10 Å². The first kappa shape index (κ1) is 12.5. The molecule has 2 fully saturated rings. The summed E-state index contributed by atoms with van der Waals surface area (Å²) < 4.78 is 5.20. The lowest BCUT2D eigenvalue weighted by atomic mass is 10.0. The van der Waals surface area contributed by atoms with Gasteiger partial charge in [-0.25, -0.2) is 0 Å². The lowest BCUT2D eigenvalue weighted by molar-refractivity contribution is -0.146. The zero-order valence-electron chi connectivity index (χ0n) is 9.93. The summed E-state index contributed by atoms with van der Waals surface area (Å²) in [5.41, 5.74) is 0. The molecule has 2 amide bonds. The normalized spacial score (nSPS) is 28.3. The van der Waals surface area contributed by atoms with Crippen molar-refractivity contribution in [2.24, 2.45) is 5.92 Å². The third kappa shape index (κ3) is 3.04. The van der Waals surface area contributed by atoms with Gasteiger partial charge in [0, 0.05) is 25.4 Å². The molecule has 5 heteroatoms. The van der Waals surface area contributed by atoms with Gasteiger partial charge in [0.2, 0.25) is 11.8 Å². The maximum atomic E-state index is 11.7. The number of amides is 2. The van der Waals surface area contributed by atoms with Crippen LogP contribution in [0, 0.1) is 5.92 Å². The Kier molecular flexibility index (Phi) is 4.12. The Bertz CT molecular complexity index is 281. The molecule has 96 valence electrons. The lowest BCUT2D eigenvalue weighted by Gasteiger charge is -2.24. The van der Waals surface area contributed by atoms with Crippen LogP contribution in [0.1, 0.15) is 32.1 Å². The van der Waals surface area contributed by atoms with E-state index in [2.05, 4.69) is 0 Å². The standard InChI is InChI=1S/C12H19NO4/c14-10(9-5-6-17-8-9)7-13-11(15)3-1-2-4-12(13)16/h9-10,14H,1-8H2. The van der Waals surface area contributed by atoms with Gasteiger partial charge in [-0.1, -0.05) is 0 Å². The van der Waals surface area contributed by atoms with E-state index in [0.717, 1.165) is 19.3 Å². The van der Waals surface area contributed by atoms with Gasteiger partial charge in [-0.15, -0.1) is 0 Å². The molecule has 2 atom stereocenters. The van der Waals surface area contributed by atoms with Crippen LogP contribution in [0.4, 0.5) is 0 Å². The highest BCUT2D eigenvalue weighted by molar-refractivity contribution is 5.96. The zero-order chi connectivity index (χ0) is 12.3. The Morgan fingerprint density at radius 2 is 1.94 bits per heavy atom. The van der Waals surface area contributed by atoms with E-state index in [1.165, 1.54) is 4.90 Å². The Morgan fingerprint density at radius 1 is 1.29 bits per heavy atom. The van der Waals surface area contributed by atoms with Gasteiger partial charge in [-0.3, -0.25) is 14.5 Å². The third-order valence-electron chi connectivity index (χ3n) is 3.51. The van der Waals surface area contributed by atoms with Crippen LogP contribution in [0.3, 0.4) is 0 Å². The minimum Gasteiger partial charge on any atom is -0.391 e. The summed E-state index contributed by atoms with van der Waals surface area (Å²) in [5, 5.41) is 10.0. The van der Waals surface area contributed by atoms with Gasteiger partial charge in [0.1, 0.15) is 0 Å². The molecule has 0 aliphatic carbocycles. The maximum Gasteiger partial charge on any atom is 0.229 e. The van der Waals surface area contributed by atoms with Gasteiger partial charge in [-0.2, -0.15) is 0 Å². The molecule has 5 nitrogen and oxygen atoms in total. The van der Waals surface area contributed by atoms with Gasteiger partial charge in [0.05, 0.1) is 19.3 Å². The molecule has 2 heterocycles. The molecule has 2 aliphatic heterocycles. The SMILES string of the molecule is O=C1CCCCC(=O)N1CC(O)C1CCOC1. The second kappa shape index (κ2) is 5.60. The third-order valence-corrected chi connectivity index (χ3v) is 3.51. The minimum absolute atomic E-state index is 0.0545. The number of carbonyl (C=O) groups is 2. The number of ether oxygens (including phenoxy) is 1. The Hall–Kier alpha value is -0.940. The van der Waals surface area contributed by atoms with E-state index in [4.69, 9.17) is 4.74 Å². The van der Waals surface area contributed by atoms with Crippen molar-refractivity contribution in [3.8, 4) is 0 Å². The average molecular weight is 241 g/mol. The van der Waals surface area contributed by atoms with Crippen LogP contribution in [0.5, 0.6) is 0 Å². The maximum absolute atomic E-state index is 11.7. The van der Waals surface area contributed by atoms with Gasteiger partial charge < -0.3 is 9.84 Å². The summed E-state index contributed by atoms with van der Waals surface area (Å²) in [4.78, 5) is 24.7. The van der Waals surface area contributed by atoms with Crippen molar-refractivity contribution in [3.05, 3.63) is 0 Å². The quantitative estimate of drug-likeness (QED) is 0.722. The lowest BCUT2D eigenvalue weighted by Crippen LogP contribution is -2.43. The summed E-state index contributed by atoms with van der Waals surface area (Å²) in [5.74, 6) is -0.241. The summed E-state index contributed by atoms with van der Waals surface area (Å²) in [6, 6.07) is 0. The second-order valence-electron chi connectivity index (χ2n) is 4.80. The fourth-order valence-electron chi connectivity index (χ4n) is 2.36. The summed E-state index contributed by atoms with van der Waals surface area (Å²) in [6.07, 6.45) is 2.52. The van der Waals surface area contributed by atoms with Crippen molar-refractivity contribution in [1.82, 2.24) is 4.90 Å². The first-order chi connectivity index (χ1) is 8.18. The van der Waals surface area contributed by atoms with Crippen LogP contribution in [-0.4, -0.2) is 47.7 Å². The molecule has 0 aromatic heterocycles. The van der Waals surface area contributed by atoms with Crippen LogP contribution in [0.15, 0.2) is 0 Å². The van der Waals surface area contributed by atoms with Crippen molar-refractivity contribution in [2.45, 2.75) is 38.2 Å². The first-order valence-electron chi connectivity index (χ1n) is 6.27. The summed E-state index contributed by atoms with van der Waals surface area (Å²) >= 11 is 0. The van der Waals surface area contributed by atoms with Crippen molar-refractivity contribution in [1.29, 1.82) is 0 Å². The molecule has 0 aromatic carbocycles. The van der Waals surface area contributed by atoms with E-state index in [-0.39, 0.29) is 24.3 Å². The van der Waals surface area contributed by atoms with E-state index >= 15 is 0 Å². The molecule has 2 aliphatic rings. The Morgan fingerprint density at radius 3 is 2.47 bits per heavy atom. The predicted molar refractivity (Wildman–Crippen MR) is 60.1 cm³/mol. The molecule has 0 saturated carbocycles. The van der Waals surface area contributed by atoms with Gasteiger partial charge in [0.25, 0.3) is 0 Å². The summed E-state index contributed by atoms with van der Waals surface area (Å²) in [6.45, 7) is 1.31. The number of aliphatic hydroxyl groups is 1. The molecule has 0 spiro atoms. The number of imide groups is 1. The highest BCUT2D eigenvalue weighted by atomic mass is 16.5. The van der Waals surface area contributed by atoms with Gasteiger partial charge in [0.15, 0.2) is 0 Å². The number of rotatable bonds is 3. The second-order valence-corrected chi connectivity index (χ2v) is 4.80. The van der Waals surface area contributed by atoms with Gasteiger partial charge >= 0.3 is 0 Å². The topological polar surface area (TPSA) is 66.8 Å². The summed E-state index contributed by atoms with van der Waals surface area (Å²) in [7, 11) is 0. The Balaban J connectivity index is 1.94. The predicted octanol–water partition coefficient (Wildman–Crippen LogP) is 0.313. The number of nitrogens with zero attached hydrogens (tertiary/aromatic N) is 1. The van der Waals surface area contributed by atoms with E-state index in [1.807, 2.05) is 0 Å². The van der Waals surface area contributed by atoms with Gasteiger partial charge in [-0.05, 0) is 19.3 Å². The number of hydrogen-bond acceptors (Lipinski definition) is 4. The van der Waals surface area contributed by atoms with E-state index in [9.17, 15) is 14.7 Å². The Labute approximate surface area is 101 Å². The van der Waals surface area contributed by atoms with E-state index in [0.29, 0.717) is 26.1 Å². The molecule has 2 unspecified atom stereocenters. The first-order valence-corrected chi connectivity index (χ1v) is 6.27. The molecule has 17 heavy (non-hydrogen) atoms. The highest BCUT2D eigenvalue weighted by Gasteiger charge is 2.30. The van der Waals surface area contributed by atoms with Crippen molar-refractivity contribution in [2.75, 3.05) is 19.8 Å². The fourth-order valence-corrected chi connectivity index (χ4v) is 2.36. The monoisotopic (exact) mass is 241 g/mol. The van der Waals surface area contributed by atoms with Crippen LogP contribution in [0.25, 0.3) is 0 Å². The number of β-amino-alcohol motifs (C(OH)–C–C–N with tert-alkyl or cyclic N) is 1. The average Bonchev–Trinajstić information content (AvgIpc) is 2.79. The molecule has 2 saturated heterocycles. The molecule has 1 N–H and O–H groups in total. The molecule has 0 bridgehead atoms. The molecule has 0 aromatic rings. The van der Waals surface area contributed by atoms with E-state index in [1.54, 1.807) is 0 Å². The molecule has 2 rings (SSSR count). The smallest absolute Gasteiger partial charge is 0.229 e. The minimum atomic E-state index is -0.650.